The first-order valence-electron chi connectivity index (χ1n) is 44.5. The highest BCUT2D eigenvalue weighted by Crippen LogP contribution is 2.29. The molecule has 0 aromatic heterocycles. The molecule has 38 heteroatoms. The molecule has 4 amide bonds. The molecule has 0 fully saturated rings. The van der Waals surface area contributed by atoms with Crippen molar-refractivity contribution in [3.8, 4) is 23.0 Å². The summed E-state index contributed by atoms with van der Waals surface area (Å²) in [6.45, 7) is 28.3. The second-order valence-electron chi connectivity index (χ2n) is 33.1. The molecule has 31 nitrogen and oxygen atoms in total. The average molecular weight is 1910 g/mol. The summed E-state index contributed by atoms with van der Waals surface area (Å²) >= 11 is 4.64. The number of rotatable bonds is 45. The zero-order valence-corrected chi connectivity index (χ0v) is 81.4. The van der Waals surface area contributed by atoms with Crippen molar-refractivity contribution >= 4 is 156 Å². The van der Waals surface area contributed by atoms with E-state index in [1.165, 1.54) is 74.8 Å². The van der Waals surface area contributed by atoms with Crippen LogP contribution in [-0.4, -0.2) is 232 Å². The van der Waals surface area contributed by atoms with Crippen LogP contribution in [0.3, 0.4) is 0 Å². The third-order valence-corrected chi connectivity index (χ3v) is 23.6. The van der Waals surface area contributed by atoms with Gasteiger partial charge in [-0.2, -0.15) is 35.3 Å². The second kappa shape index (κ2) is 68.9. The van der Waals surface area contributed by atoms with Crippen LogP contribution in [0.5, 0.6) is 23.0 Å². The second-order valence-corrected chi connectivity index (χ2v) is 36.4. The van der Waals surface area contributed by atoms with Gasteiger partial charge in [0, 0.05) is 48.0 Å². The maximum absolute atomic E-state index is 13.3. The number of carbonyl (C=O) groups excluding carboxylic acids is 10. The highest BCUT2D eigenvalue weighted by Gasteiger charge is 2.37. The van der Waals surface area contributed by atoms with Gasteiger partial charge in [0.15, 0.2) is 17.3 Å². The van der Waals surface area contributed by atoms with Gasteiger partial charge in [-0.25, -0.2) is 4.79 Å². The van der Waals surface area contributed by atoms with E-state index in [2.05, 4.69) is 41.0 Å². The number of ether oxygens (including phenoxy) is 7. The van der Waals surface area contributed by atoms with Gasteiger partial charge >= 0.3 is 53.8 Å². The zero-order valence-electron chi connectivity index (χ0n) is 78.9. The van der Waals surface area contributed by atoms with Crippen LogP contribution < -0.4 is 40.2 Å². The first-order chi connectivity index (χ1) is 64.3. The molecule has 0 saturated heterocycles. The van der Waals surface area contributed by atoms with E-state index in [0.29, 0.717) is 124 Å². The predicted octanol–water partition coefficient (Wildman–Crippen LogP) is 13.1. The number of nitrogens with one attached hydrogen (secondary N) is 8. The lowest BCUT2D eigenvalue weighted by Gasteiger charge is -2.24. The normalized spacial score (nSPS) is 17.8. The van der Waals surface area contributed by atoms with Crippen molar-refractivity contribution in [3.05, 3.63) is 169 Å². The Labute approximate surface area is 805 Å². The van der Waals surface area contributed by atoms with E-state index in [1.54, 1.807) is 54.3 Å². The molecular formula is C96H134B4N8O23S3. The number of benzene rings is 4. The van der Waals surface area contributed by atoms with Gasteiger partial charge in [0.1, 0.15) is 74.5 Å². The fourth-order valence-electron chi connectivity index (χ4n) is 13.5. The minimum Gasteiger partial charge on any atom is -0.555 e. The number of ketones is 3. The van der Waals surface area contributed by atoms with Crippen LogP contribution in [0.4, 0.5) is 0 Å². The summed E-state index contributed by atoms with van der Waals surface area (Å²) in [4.78, 5) is 140. The van der Waals surface area contributed by atoms with Crippen LogP contribution in [0.1, 0.15) is 135 Å². The highest BCUT2D eigenvalue weighted by atomic mass is 32.2. The molecule has 0 aliphatic carbocycles. The number of hydrogen-bond acceptors (Lipinski definition) is 29. The molecule has 0 unspecified atom stereocenters. The summed E-state index contributed by atoms with van der Waals surface area (Å²) in [6.07, 6.45) is 16.6. The smallest absolute Gasteiger partial charge is 0.384 e. The van der Waals surface area contributed by atoms with E-state index in [4.69, 9.17) is 73.4 Å². The van der Waals surface area contributed by atoms with Gasteiger partial charge in [-0.1, -0.05) is 147 Å². The molecule has 9 N–H and O–H groups in total. The lowest BCUT2D eigenvalue weighted by atomic mass is 9.75. The molecule has 4 aliphatic rings. The lowest BCUT2D eigenvalue weighted by Crippen LogP contribution is -2.45. The quantitative estimate of drug-likeness (QED) is 0.00377. The van der Waals surface area contributed by atoms with Gasteiger partial charge in [0.05, 0.1) is 87.1 Å². The van der Waals surface area contributed by atoms with E-state index < -0.39 is 101 Å². The van der Waals surface area contributed by atoms with E-state index >= 15 is 0 Å². The Bertz CT molecular complexity index is 4310. The monoisotopic (exact) mass is 1910 g/mol. The van der Waals surface area contributed by atoms with Gasteiger partial charge in [0.25, 0.3) is 0 Å². The van der Waals surface area contributed by atoms with Crippen molar-refractivity contribution in [2.24, 2.45) is 41.4 Å². The third-order valence-electron chi connectivity index (χ3n) is 20.2. The summed E-state index contributed by atoms with van der Waals surface area (Å²) < 4.78 is 57.1. The van der Waals surface area contributed by atoms with Crippen LogP contribution in [-0.2, 0) is 111 Å². The van der Waals surface area contributed by atoms with Crippen LogP contribution in [0.25, 0.3) is 0 Å². The van der Waals surface area contributed by atoms with E-state index in [1.807, 2.05) is 140 Å². The number of carboxylic acids is 1. The third kappa shape index (κ3) is 49.3. The molecule has 0 spiro atoms. The maximum atomic E-state index is 13.3. The number of thioether (sulfide) groups is 3. The highest BCUT2D eigenvalue weighted by molar-refractivity contribution is 7.99. The average Bonchev–Trinajstić information content (AvgIpc) is 1.17. The number of Topliss-reactive ketones (excluding diaryl/α,β-unsaturated/α-hetero) is 3. The number of amides is 4. The largest absolute Gasteiger partial charge is 0.555 e. The SMILES string of the molecule is C=CCOc1ccc(C[C@H]([B]OC=N)C(=O)N[C@@H](CC(C)C)C(=O)C[C@@H](CSCC=C)C(=O)OC)cc1.C=CCOc1ccc(C[C@H]([B]OC=N)C(=O)N[C@@H](CC(C)C)C(=O)O)cc1.COC(=O)[C@@H]1CSCC=CCOc2ccc(cc2)C[C@H]([B]OC=N)C(=O)N[C@@H](CC(C)C)C(=O)C1.COC(=O)[C@@H]1CSCCCCOc2ccc(cc2)C[C@H]([B]OC=N)C(=O)N[C@@H](CC(C)C)C(=O)C1. The molecule has 8 rings (SSSR count). The van der Waals surface area contributed by atoms with Gasteiger partial charge in [-0.05, 0) is 164 Å². The topological polar surface area (TPSA) is 453 Å². The Morgan fingerprint density at radius 3 is 1.40 bits per heavy atom. The van der Waals surface area contributed by atoms with E-state index in [-0.39, 0.29) is 72.1 Å². The Hall–Kier alpha value is -11.0. The molecule has 4 aromatic carbocycles. The minimum atomic E-state index is -1.08. The summed E-state index contributed by atoms with van der Waals surface area (Å²) in [6, 6.07) is 26.2. The molecule has 4 aromatic rings. The summed E-state index contributed by atoms with van der Waals surface area (Å²) in [5.41, 5.74) is 3.48. The number of aliphatic carboxylic acids is 1. The van der Waals surface area contributed by atoms with Gasteiger partial charge in [0.2, 0.25) is 23.6 Å². The Kier molecular flexibility index (Phi) is 60.3. The molecule has 134 heavy (non-hydrogen) atoms. The number of carbonyl (C=O) groups is 11. The Morgan fingerprint density at radius 2 is 0.985 bits per heavy atom. The van der Waals surface area contributed by atoms with E-state index in [9.17, 15) is 57.8 Å². The summed E-state index contributed by atoms with van der Waals surface area (Å²) in [5.74, 6) is -2.43. The minimum absolute atomic E-state index is 0.00694. The fraction of sp³-hybridized carbons (Fsp3) is 0.510. The van der Waals surface area contributed by atoms with Crippen LogP contribution in [0.15, 0.2) is 147 Å². The molecule has 4 radical (unpaired) electrons. The molecule has 4 aliphatic heterocycles. The number of carboxylic acid groups (broad SMARTS) is 1. The van der Waals surface area contributed by atoms with Crippen molar-refractivity contribution in [2.75, 3.05) is 82.3 Å². The van der Waals surface area contributed by atoms with Crippen molar-refractivity contribution in [3.63, 3.8) is 0 Å². The molecule has 0 saturated carbocycles. The standard InChI is InChI=1S/C27H38BN2O6S.C25H36BN2O6S.C25H34BN2O6S.C19H26BN2O5/c1-6-12-35-22-10-8-20(9-11-22)15-23(28-36-18-29)26(32)30-24(14-19(3)4)25(31)16-21(27(33)34-5)17-37-13-7-2;2*1-17(2)12-22-23(29)14-19(25(31)32-3)15-35-11-5-4-10-33-20-8-6-18(7-9-20)13-21(24(30)28-22)26-34-16-27;1-4-9-26-15-7-5-14(6-8-15)11-16(20-27-12-21)18(23)22-17(19(24)25)10-13(2)3/h6-11,18-19,21,23-24,29H,1-2,12-17H2,3-5H3,(H,30,32);6-9,16-17,19,21-22,27H,4-5,10-15H2,1-3H3,(H,28,30);4-9,16-17,19,21-22,27H,10-15H2,1-3H3,(H,28,30);4-8,12-13,16-17,21H,1,9-11H2,2-3H3,(H,22,23)(H,24,25)/t21-,23-,24-;2*19-,21-,22-;16-,17-/m0000/s1. The van der Waals surface area contributed by atoms with Crippen LogP contribution >= 0.6 is 35.3 Å². The Morgan fingerprint density at radius 1 is 0.545 bits per heavy atom. The van der Waals surface area contributed by atoms with Crippen molar-refractivity contribution < 1.29 is 110 Å². The van der Waals surface area contributed by atoms with Crippen LogP contribution in [0.2, 0.25) is 23.3 Å². The zero-order chi connectivity index (χ0) is 99.1. The van der Waals surface area contributed by atoms with Crippen molar-refractivity contribution in [1.82, 2.24) is 21.3 Å². The van der Waals surface area contributed by atoms with Gasteiger partial charge in [-0.3, -0.25) is 69.6 Å². The molecule has 726 valence electrons. The van der Waals surface area contributed by atoms with Crippen molar-refractivity contribution in [1.29, 1.82) is 21.6 Å². The van der Waals surface area contributed by atoms with E-state index in [0.717, 1.165) is 72.2 Å². The number of esters is 3. The predicted molar refractivity (Wildman–Crippen MR) is 530 cm³/mol. The first-order valence-corrected chi connectivity index (χ1v) is 48.0. The molecule has 4 heterocycles. The fourth-order valence-corrected chi connectivity index (χ4v) is 16.4. The Balaban J connectivity index is 0.000000463. The molecule has 11 atom stereocenters. The number of fused-ring (bicyclic) bond motifs is 31. The maximum Gasteiger partial charge on any atom is 0.384 e. The lowest BCUT2D eigenvalue weighted by molar-refractivity contribution is -0.147. The molecule has 4 bridgehead atoms. The van der Waals surface area contributed by atoms with Crippen LogP contribution in [0, 0.1) is 63.1 Å². The first kappa shape index (κ1) is 117. The summed E-state index contributed by atoms with van der Waals surface area (Å²) in [5, 5.41) is 49.0. The van der Waals surface area contributed by atoms with Crippen molar-refractivity contribution in [2.45, 2.75) is 186 Å². The van der Waals surface area contributed by atoms with Gasteiger partial charge < -0.3 is 78.1 Å². The number of methoxy groups -OCH3 is 3. The molecular weight excluding hydrogens is 1770 g/mol. The number of hydrogen-bond donors (Lipinski definition) is 9. The van der Waals surface area contributed by atoms with Gasteiger partial charge in [-0.15, -0.1) is 6.58 Å². The summed E-state index contributed by atoms with van der Waals surface area (Å²) in [7, 11) is 9.06.